The van der Waals surface area contributed by atoms with E-state index >= 15 is 0 Å². The second kappa shape index (κ2) is 72.5. The fraction of sp³-hybridized carbons (Fsp3) is 0.728. The number of para-hydroxylation sites is 2. The Morgan fingerprint density at radius 3 is 1.15 bits per heavy atom. The Balaban J connectivity index is -0.000000384. The smallest absolute Gasteiger partial charge is 0.415 e. The monoisotopic (exact) mass is 2100 g/mol. The van der Waals surface area contributed by atoms with Gasteiger partial charge in [0, 0.05) is 118 Å². The van der Waals surface area contributed by atoms with E-state index in [4.69, 9.17) is 47.6 Å². The maximum absolute atomic E-state index is 12.3. The third-order valence-electron chi connectivity index (χ3n) is 25.6. The van der Waals surface area contributed by atoms with Crippen LogP contribution in [-0.2, 0) is 80.1 Å². The maximum atomic E-state index is 12.3. The van der Waals surface area contributed by atoms with Crippen molar-refractivity contribution in [2.75, 3.05) is 85.5 Å². The molecule has 0 heterocycles. The lowest BCUT2D eigenvalue weighted by Crippen LogP contribution is -2.47. The van der Waals surface area contributed by atoms with E-state index in [1.54, 1.807) is 116 Å². The number of hydrogen-bond acceptors (Lipinski definition) is 19. The van der Waals surface area contributed by atoms with Crippen LogP contribution in [0.1, 0.15) is 380 Å². The van der Waals surface area contributed by atoms with Gasteiger partial charge in [-0.3, -0.25) is 52.7 Å². The third kappa shape index (κ3) is 54.9. The van der Waals surface area contributed by atoms with Crippen molar-refractivity contribution in [1.82, 2.24) is 40.4 Å². The fourth-order valence-electron chi connectivity index (χ4n) is 15.2. The molecule has 7 fully saturated rings. The molecule has 13 N–H and O–H groups in total. The summed E-state index contributed by atoms with van der Waals surface area (Å²) in [5, 5.41) is 8.61. The molecule has 3 aromatic rings. The van der Waals surface area contributed by atoms with Gasteiger partial charge in [-0.2, -0.15) is 0 Å². The predicted octanol–water partition coefficient (Wildman–Crippen LogP) is 19.8. The fourth-order valence-corrected chi connectivity index (χ4v) is 15.9. The molecule has 3 aromatic carbocycles. The molecule has 32 nitrogen and oxygen atoms in total. The van der Waals surface area contributed by atoms with Crippen molar-refractivity contribution in [2.45, 2.75) is 406 Å². The summed E-state index contributed by atoms with van der Waals surface area (Å²) < 4.78 is 43.9. The van der Waals surface area contributed by atoms with Crippen molar-refractivity contribution in [1.29, 1.82) is 0 Å². The molecule has 0 radical (unpaired) electrons. The summed E-state index contributed by atoms with van der Waals surface area (Å²) in [6.07, 6.45) is 27.4. The first-order valence-electron chi connectivity index (χ1n) is 51.0. The molecule has 0 aromatic heterocycles. The van der Waals surface area contributed by atoms with E-state index < -0.39 is 49.2 Å². The van der Waals surface area contributed by atoms with Gasteiger partial charge in [-0.15, -0.1) is 0 Å². The van der Waals surface area contributed by atoms with Gasteiger partial charge in [-0.05, 0) is 269 Å². The standard InChI is InChI=1S/C15H20N2O2.C15H21NO3S.C14H26N2O2.C14H19NO3.C13H24N2O2.C13H26N2O2.C12H22N2O3.C10H19NO2.8CH4/c1-2-8-17(13-6-7-13)14(18)10-11-4-3-5-12(9-11)15(16)19;1-3-9-16(13-7-8-13)15(17)11-12-5-4-6-14(10-12)20(2,18)19;1-5-8-14(4,10-6-7-10)12(18)16-9-13(2,3)11(15)17;1-3-10-15(11-8-9-11)14(16)18-13-7-5-4-6-12(13)17-2;1-4-5-10(9-6-7-9)11(16)15-8-13(2,3)12(14)17;1-6-7-10(9(2)3)11(16)15-8-13(4,5)12(14)17;1-4-7-14(9-5-6-9)11(16)17-8-12(2,3)10(13)15;1-3-7-11(9-5-6-9)10(12)8-13-4-2;;;;;;;;/h3-5,9,13H,2,6-8,10H2,1H3,(H2,16,19);4-6,10,13H,3,7-9,11H2,1-2H3;10H,5-9H2,1-4H3,(H2,15,17)(H,16,18);4-7,11H,3,8-10H2,1-2H3;9-10H,4-8H2,1-3H3,(H2,14,17)(H,15,16);9-10H,6-8H2,1-5H3,(H2,14,17)(H,15,16);9H,4-8H2,1-3H3,(H2,13,15);9H,3-8H2,1-2H3;8*1H4. The maximum Gasteiger partial charge on any atom is 0.415 e. The van der Waals surface area contributed by atoms with E-state index in [-0.39, 0.29) is 161 Å². The van der Waals surface area contributed by atoms with Crippen molar-refractivity contribution in [2.24, 2.45) is 85.3 Å². The van der Waals surface area contributed by atoms with Gasteiger partial charge in [0.15, 0.2) is 21.3 Å². The summed E-state index contributed by atoms with van der Waals surface area (Å²) in [5.41, 5.74) is 25.2. The number of nitrogens with one attached hydrogen (secondary N) is 3. The Hall–Kier alpha value is -9.92. The lowest BCUT2D eigenvalue weighted by Gasteiger charge is -2.30. The van der Waals surface area contributed by atoms with Gasteiger partial charge in [0.05, 0.1) is 46.5 Å². The summed E-state index contributed by atoms with van der Waals surface area (Å²) in [4.78, 5) is 162. The number of nitrogens with two attached hydrogens (primary N) is 5. The predicted molar refractivity (Wildman–Crippen MR) is 599 cm³/mol. The van der Waals surface area contributed by atoms with Crippen LogP contribution in [0.5, 0.6) is 11.5 Å². The Labute approximate surface area is 890 Å². The zero-order chi connectivity index (χ0) is 105. The van der Waals surface area contributed by atoms with Gasteiger partial charge < -0.3 is 88.1 Å². The summed E-state index contributed by atoms with van der Waals surface area (Å²) in [5.74, 6) is 1.10. The Morgan fingerprint density at radius 1 is 0.422 bits per heavy atom. The molecule has 0 bridgehead atoms. The molecule has 7 aliphatic rings. The molecule has 7 aliphatic carbocycles. The largest absolute Gasteiger partial charge is 0.493 e. The highest BCUT2D eigenvalue weighted by molar-refractivity contribution is 7.90. The quantitative estimate of drug-likeness (QED) is 0.0260. The number of sulfone groups is 1. The second-order valence-corrected chi connectivity index (χ2v) is 43.3. The summed E-state index contributed by atoms with van der Waals surface area (Å²) in [7, 11) is -1.65. The van der Waals surface area contributed by atoms with Crippen molar-refractivity contribution < 1.29 is 89.7 Å². The van der Waals surface area contributed by atoms with Crippen LogP contribution < -0.4 is 54.1 Å². The molecule has 147 heavy (non-hydrogen) atoms. The highest BCUT2D eigenvalue weighted by Crippen LogP contribution is 2.49. The van der Waals surface area contributed by atoms with Crippen molar-refractivity contribution in [3.63, 3.8) is 0 Å². The van der Waals surface area contributed by atoms with Crippen LogP contribution in [0, 0.1) is 56.7 Å². The highest BCUT2D eigenvalue weighted by Gasteiger charge is 2.47. The molecule has 0 spiro atoms. The third-order valence-corrected chi connectivity index (χ3v) is 26.7. The molecular formula is C114H209N13O19S. The van der Waals surface area contributed by atoms with Crippen LogP contribution in [-0.4, -0.2) is 226 Å². The first kappa shape index (κ1) is 148. The summed E-state index contributed by atoms with van der Waals surface area (Å²) in [6.45, 7) is 44.2. The Bertz CT molecular complexity index is 4370. The van der Waals surface area contributed by atoms with E-state index in [9.17, 15) is 70.7 Å². The lowest BCUT2D eigenvalue weighted by molar-refractivity contribution is -0.137. The average molecular weight is 2100 g/mol. The zero-order valence-corrected chi connectivity index (χ0v) is 89.2. The topological polar surface area (TPSA) is 475 Å². The number of carbonyl (C=O) groups excluding carboxylic acids is 13. The van der Waals surface area contributed by atoms with Crippen LogP contribution >= 0.6 is 0 Å². The van der Waals surface area contributed by atoms with Crippen LogP contribution in [0.2, 0.25) is 0 Å². The zero-order valence-electron chi connectivity index (χ0n) is 88.4. The van der Waals surface area contributed by atoms with E-state index in [1.807, 2.05) is 78.5 Å². The molecule has 7 saturated carbocycles. The van der Waals surface area contributed by atoms with Gasteiger partial charge in [-0.25, -0.2) is 18.0 Å². The molecule has 33 heteroatoms. The van der Waals surface area contributed by atoms with Crippen molar-refractivity contribution >= 4 is 87.0 Å². The number of benzene rings is 3. The molecule has 0 aliphatic heterocycles. The van der Waals surface area contributed by atoms with Gasteiger partial charge in [-0.1, -0.05) is 191 Å². The van der Waals surface area contributed by atoms with E-state index in [0.29, 0.717) is 104 Å². The summed E-state index contributed by atoms with van der Waals surface area (Å²) in [6, 6.07) is 22.9. The normalized spacial score (nSPS) is 14.7. The van der Waals surface area contributed by atoms with Crippen molar-refractivity contribution in [3.05, 3.63) is 89.5 Å². The van der Waals surface area contributed by atoms with Crippen LogP contribution in [0.15, 0.2) is 77.7 Å². The average Bonchev–Trinajstić information content (AvgIpc) is 1.65. The summed E-state index contributed by atoms with van der Waals surface area (Å²) >= 11 is 0. The highest BCUT2D eigenvalue weighted by atomic mass is 32.2. The lowest BCUT2D eigenvalue weighted by atomic mass is 9.79. The number of rotatable bonds is 50. The first-order valence-corrected chi connectivity index (χ1v) is 52.9. The second-order valence-electron chi connectivity index (χ2n) is 41.3. The minimum atomic E-state index is -3.22. The Morgan fingerprint density at radius 2 is 0.796 bits per heavy atom. The minimum Gasteiger partial charge on any atom is -0.493 e. The number of primary amides is 5. The van der Waals surface area contributed by atoms with Gasteiger partial charge >= 0.3 is 12.2 Å². The van der Waals surface area contributed by atoms with E-state index in [1.165, 1.54) is 19.1 Å². The number of nitrogens with zero attached hydrogens (tertiary/aromatic N) is 5. The first-order chi connectivity index (χ1) is 65.3. The van der Waals surface area contributed by atoms with Crippen LogP contribution in [0.25, 0.3) is 0 Å². The van der Waals surface area contributed by atoms with Crippen LogP contribution in [0.3, 0.4) is 0 Å². The molecule has 3 unspecified atom stereocenters. The molecular weight excluding hydrogens is 1890 g/mol. The Kier molecular flexibility index (Phi) is 72.9. The number of ether oxygens (including phenoxy) is 4. The molecule has 850 valence electrons. The molecule has 3 atom stereocenters. The number of hydrogen-bond donors (Lipinski definition) is 8. The molecule has 10 rings (SSSR count). The van der Waals surface area contributed by atoms with E-state index in [0.717, 1.165) is 185 Å². The van der Waals surface area contributed by atoms with Gasteiger partial charge in [0.1, 0.15) is 13.2 Å². The van der Waals surface area contributed by atoms with Crippen molar-refractivity contribution in [3.8, 4) is 11.5 Å². The number of amides is 13. The van der Waals surface area contributed by atoms with Crippen LogP contribution in [0.4, 0.5) is 9.59 Å². The number of carbonyl (C=O) groups is 13. The molecule has 13 amide bonds. The SMILES string of the molecule is C.C.C.C.C.C.C.C.CCCC(C(=O)NCC(C)(C)C(N)=O)C(C)C.CCCC(C(=O)NCC(C)(C)C(N)=O)C1CC1.CCCC(C)(C(=O)NCC(C)(C)C(N)=O)C1CC1.CCCN(C(=O)COCC)C1CC1.CCCN(C(=O)Cc1cccc(C(N)=O)c1)C1CC1.CCCN(C(=O)Cc1cccc(S(C)(=O)=O)c1)C1CC1.CCCN(C(=O)OCC(C)(C)C(N)=O)C1CC1.CCCN(C(=O)Oc1ccccc1OC)C1CC1. The van der Waals surface area contributed by atoms with Gasteiger partial charge in [0.2, 0.25) is 65.0 Å². The van der Waals surface area contributed by atoms with Gasteiger partial charge in [0.25, 0.3) is 0 Å². The van der Waals surface area contributed by atoms with E-state index in [2.05, 4.69) is 64.4 Å². The minimum absolute atomic E-state index is 0. The molecule has 0 saturated heterocycles. The number of methoxy groups -OCH3 is 1.